The Kier molecular flexibility index (Phi) is 4.10. The minimum Gasteiger partial charge on any atom is -0.347 e. The summed E-state index contributed by atoms with van der Waals surface area (Å²) in [4.78, 5) is 12.4. The van der Waals surface area contributed by atoms with E-state index in [1.54, 1.807) is 0 Å². The summed E-state index contributed by atoms with van der Waals surface area (Å²) in [5, 5.41) is 5.24. The van der Waals surface area contributed by atoms with E-state index in [-0.39, 0.29) is 5.91 Å². The first kappa shape index (κ1) is 14.9. The minimum atomic E-state index is -0.121. The highest BCUT2D eigenvalue weighted by atomic mass is 35.5. The molecule has 0 aliphatic rings. The van der Waals surface area contributed by atoms with Crippen molar-refractivity contribution in [3.05, 3.63) is 69.8 Å². The van der Waals surface area contributed by atoms with Crippen molar-refractivity contribution >= 4 is 40.0 Å². The second-order valence-electron chi connectivity index (χ2n) is 5.10. The van der Waals surface area contributed by atoms with E-state index in [0.29, 0.717) is 22.3 Å². The van der Waals surface area contributed by atoms with Crippen molar-refractivity contribution in [1.82, 2.24) is 9.88 Å². The van der Waals surface area contributed by atoms with E-state index in [4.69, 9.17) is 23.2 Å². The SMILES string of the molecule is Cn1c(C(=O)NCc2ccc(Cl)cc2)cc2ccc(Cl)cc21. The van der Waals surface area contributed by atoms with Crippen LogP contribution in [0.15, 0.2) is 48.5 Å². The first-order valence-electron chi connectivity index (χ1n) is 6.82. The first-order chi connectivity index (χ1) is 10.5. The molecule has 3 rings (SSSR count). The molecule has 0 saturated heterocycles. The molecule has 0 saturated carbocycles. The monoisotopic (exact) mass is 332 g/mol. The van der Waals surface area contributed by atoms with Gasteiger partial charge in [-0.15, -0.1) is 0 Å². The Bertz CT molecular complexity index is 838. The van der Waals surface area contributed by atoms with Crippen LogP contribution in [0.3, 0.4) is 0 Å². The van der Waals surface area contributed by atoms with Gasteiger partial charge in [-0.3, -0.25) is 4.79 Å². The normalized spacial score (nSPS) is 10.9. The van der Waals surface area contributed by atoms with Crippen LogP contribution in [0.25, 0.3) is 10.9 Å². The number of hydrogen-bond acceptors (Lipinski definition) is 1. The number of carbonyl (C=O) groups is 1. The third-order valence-electron chi connectivity index (χ3n) is 3.61. The standard InChI is InChI=1S/C17H14Cl2N2O/c1-21-15-9-14(19)7-4-12(15)8-16(21)17(22)20-10-11-2-5-13(18)6-3-11/h2-9H,10H2,1H3,(H,20,22). The molecule has 0 bridgehead atoms. The van der Waals surface area contributed by atoms with Gasteiger partial charge < -0.3 is 9.88 Å². The van der Waals surface area contributed by atoms with Crippen molar-refractivity contribution in [2.75, 3.05) is 0 Å². The highest BCUT2D eigenvalue weighted by Crippen LogP contribution is 2.22. The Labute approximate surface area is 138 Å². The van der Waals surface area contributed by atoms with Crippen molar-refractivity contribution < 1.29 is 4.79 Å². The lowest BCUT2D eigenvalue weighted by molar-refractivity contribution is 0.0943. The van der Waals surface area contributed by atoms with E-state index in [0.717, 1.165) is 16.5 Å². The number of nitrogens with zero attached hydrogens (tertiary/aromatic N) is 1. The van der Waals surface area contributed by atoms with Crippen molar-refractivity contribution in [2.45, 2.75) is 6.54 Å². The summed E-state index contributed by atoms with van der Waals surface area (Å²) >= 11 is 11.9. The number of hydrogen-bond donors (Lipinski definition) is 1. The van der Waals surface area contributed by atoms with Crippen LogP contribution in [0.5, 0.6) is 0 Å². The van der Waals surface area contributed by atoms with Crippen LogP contribution in [0.2, 0.25) is 10.0 Å². The molecule has 1 N–H and O–H groups in total. The summed E-state index contributed by atoms with van der Waals surface area (Å²) in [7, 11) is 1.86. The Morgan fingerprint density at radius 3 is 2.45 bits per heavy atom. The molecule has 0 radical (unpaired) electrons. The number of halogens is 2. The quantitative estimate of drug-likeness (QED) is 0.757. The summed E-state index contributed by atoms with van der Waals surface area (Å²) in [5.74, 6) is -0.121. The third kappa shape index (κ3) is 2.96. The van der Waals surface area contributed by atoms with Gasteiger partial charge in [0, 0.05) is 34.5 Å². The molecule has 1 heterocycles. The summed E-state index contributed by atoms with van der Waals surface area (Å²) in [5.41, 5.74) is 2.54. The predicted molar refractivity (Wildman–Crippen MR) is 90.6 cm³/mol. The topological polar surface area (TPSA) is 34.0 Å². The van der Waals surface area contributed by atoms with Gasteiger partial charge in [-0.2, -0.15) is 0 Å². The molecule has 1 aromatic heterocycles. The van der Waals surface area contributed by atoms with E-state index < -0.39 is 0 Å². The van der Waals surface area contributed by atoms with Gasteiger partial charge in [0.05, 0.1) is 0 Å². The largest absolute Gasteiger partial charge is 0.347 e. The molecule has 22 heavy (non-hydrogen) atoms. The lowest BCUT2D eigenvalue weighted by atomic mass is 10.2. The van der Waals surface area contributed by atoms with Crippen LogP contribution in [-0.4, -0.2) is 10.5 Å². The van der Waals surface area contributed by atoms with Crippen molar-refractivity contribution in [2.24, 2.45) is 7.05 Å². The van der Waals surface area contributed by atoms with Crippen molar-refractivity contribution in [3.8, 4) is 0 Å². The number of amides is 1. The van der Waals surface area contributed by atoms with Gasteiger partial charge in [0.1, 0.15) is 5.69 Å². The van der Waals surface area contributed by atoms with Gasteiger partial charge in [0.25, 0.3) is 5.91 Å². The zero-order chi connectivity index (χ0) is 15.7. The summed E-state index contributed by atoms with van der Waals surface area (Å²) in [6.07, 6.45) is 0. The maximum Gasteiger partial charge on any atom is 0.268 e. The maximum absolute atomic E-state index is 12.4. The number of nitrogens with one attached hydrogen (secondary N) is 1. The minimum absolute atomic E-state index is 0.121. The predicted octanol–water partition coefficient (Wildman–Crippen LogP) is 4.42. The molecule has 3 aromatic rings. The Hall–Kier alpha value is -1.97. The zero-order valence-electron chi connectivity index (χ0n) is 11.9. The Morgan fingerprint density at radius 2 is 1.73 bits per heavy atom. The molecule has 0 unspecified atom stereocenters. The van der Waals surface area contributed by atoms with E-state index >= 15 is 0 Å². The highest BCUT2D eigenvalue weighted by molar-refractivity contribution is 6.31. The molecule has 1 amide bonds. The van der Waals surface area contributed by atoms with Gasteiger partial charge in [-0.25, -0.2) is 0 Å². The summed E-state index contributed by atoms with van der Waals surface area (Å²) < 4.78 is 1.85. The molecule has 5 heteroatoms. The van der Waals surface area contributed by atoms with E-state index in [1.165, 1.54) is 0 Å². The highest BCUT2D eigenvalue weighted by Gasteiger charge is 2.13. The number of fused-ring (bicyclic) bond motifs is 1. The zero-order valence-corrected chi connectivity index (χ0v) is 13.4. The number of aromatic nitrogens is 1. The Balaban J connectivity index is 1.80. The van der Waals surface area contributed by atoms with Crippen molar-refractivity contribution in [3.63, 3.8) is 0 Å². The number of benzene rings is 2. The summed E-state index contributed by atoms with van der Waals surface area (Å²) in [6, 6.07) is 14.8. The lowest BCUT2D eigenvalue weighted by Crippen LogP contribution is -2.24. The number of aryl methyl sites for hydroxylation is 1. The molecule has 0 spiro atoms. The van der Waals surface area contributed by atoms with Crippen molar-refractivity contribution in [1.29, 1.82) is 0 Å². The van der Waals surface area contributed by atoms with E-state index in [9.17, 15) is 4.79 Å². The van der Waals surface area contributed by atoms with Crippen LogP contribution in [0.1, 0.15) is 16.1 Å². The lowest BCUT2D eigenvalue weighted by Gasteiger charge is -2.07. The second kappa shape index (κ2) is 6.03. The third-order valence-corrected chi connectivity index (χ3v) is 4.09. The first-order valence-corrected chi connectivity index (χ1v) is 7.58. The fraction of sp³-hybridized carbons (Fsp3) is 0.118. The van der Waals surface area contributed by atoms with Gasteiger partial charge in [-0.05, 0) is 35.9 Å². The van der Waals surface area contributed by atoms with Gasteiger partial charge in [0.15, 0.2) is 0 Å². The molecular weight excluding hydrogens is 319 g/mol. The van der Waals surface area contributed by atoms with Gasteiger partial charge in [0.2, 0.25) is 0 Å². The van der Waals surface area contributed by atoms with Gasteiger partial charge >= 0.3 is 0 Å². The average Bonchev–Trinajstić information content (AvgIpc) is 2.83. The maximum atomic E-state index is 12.4. The number of rotatable bonds is 3. The van der Waals surface area contributed by atoms with Gasteiger partial charge in [-0.1, -0.05) is 41.4 Å². The molecule has 0 atom stereocenters. The van der Waals surface area contributed by atoms with Crippen LogP contribution in [0, 0.1) is 0 Å². The fourth-order valence-corrected chi connectivity index (χ4v) is 2.69. The van der Waals surface area contributed by atoms with Crippen LogP contribution >= 0.6 is 23.2 Å². The average molecular weight is 333 g/mol. The fourth-order valence-electron chi connectivity index (χ4n) is 2.40. The Morgan fingerprint density at radius 1 is 1.05 bits per heavy atom. The molecule has 2 aromatic carbocycles. The van der Waals surface area contributed by atoms with Crippen LogP contribution in [0.4, 0.5) is 0 Å². The van der Waals surface area contributed by atoms with Crippen LogP contribution < -0.4 is 5.32 Å². The number of carbonyl (C=O) groups excluding carboxylic acids is 1. The van der Waals surface area contributed by atoms with E-state index in [2.05, 4.69) is 5.32 Å². The van der Waals surface area contributed by atoms with E-state index in [1.807, 2.05) is 60.1 Å². The molecule has 0 fully saturated rings. The molecule has 3 nitrogen and oxygen atoms in total. The molecule has 112 valence electrons. The molecular formula is C17H14Cl2N2O. The molecule has 0 aliphatic heterocycles. The second-order valence-corrected chi connectivity index (χ2v) is 5.97. The molecule has 0 aliphatic carbocycles. The van der Waals surface area contributed by atoms with Crippen LogP contribution in [-0.2, 0) is 13.6 Å². The summed E-state index contributed by atoms with van der Waals surface area (Å²) in [6.45, 7) is 0.457. The smallest absolute Gasteiger partial charge is 0.268 e.